The summed E-state index contributed by atoms with van der Waals surface area (Å²) in [4.78, 5) is 30.9. The van der Waals surface area contributed by atoms with Crippen molar-refractivity contribution < 1.29 is 13.9 Å². The first-order valence-electron chi connectivity index (χ1n) is 7.34. The van der Waals surface area contributed by atoms with E-state index in [1.54, 1.807) is 49.6 Å². The number of benzene rings is 1. The second-order valence-electron chi connectivity index (χ2n) is 5.18. The summed E-state index contributed by atoms with van der Waals surface area (Å²) in [6.45, 7) is 1.68. The molecule has 0 spiro atoms. The van der Waals surface area contributed by atoms with Crippen molar-refractivity contribution in [2.75, 3.05) is 0 Å². The molecule has 0 fully saturated rings. The van der Waals surface area contributed by atoms with Crippen LogP contribution in [0, 0.1) is 0 Å². The molecule has 0 amide bonds. The van der Waals surface area contributed by atoms with Crippen LogP contribution in [0.15, 0.2) is 51.9 Å². The highest BCUT2D eigenvalue weighted by Gasteiger charge is 2.15. The summed E-state index contributed by atoms with van der Waals surface area (Å²) in [6.07, 6.45) is 1.61. The Labute approximate surface area is 132 Å². The number of hydrogen-bond acceptors (Lipinski definition) is 5. The van der Waals surface area contributed by atoms with Gasteiger partial charge < -0.3 is 14.1 Å². The van der Waals surface area contributed by atoms with Crippen LogP contribution in [0.5, 0.6) is 0 Å². The molecule has 0 saturated carbocycles. The zero-order chi connectivity index (χ0) is 16.2. The fourth-order valence-corrected chi connectivity index (χ4v) is 2.29. The van der Waals surface area contributed by atoms with Crippen molar-refractivity contribution in [1.29, 1.82) is 0 Å². The first kappa shape index (κ1) is 15.0. The zero-order valence-electron chi connectivity index (χ0n) is 12.6. The molecule has 1 atom stereocenters. The maximum atomic E-state index is 12.0. The van der Waals surface area contributed by atoms with E-state index in [2.05, 4.69) is 9.97 Å². The highest BCUT2D eigenvalue weighted by atomic mass is 16.5. The average molecular weight is 312 g/mol. The summed E-state index contributed by atoms with van der Waals surface area (Å²) < 4.78 is 10.5. The van der Waals surface area contributed by atoms with Gasteiger partial charge in [0.15, 0.2) is 11.9 Å². The van der Waals surface area contributed by atoms with Gasteiger partial charge in [-0.25, -0.2) is 4.98 Å². The molecule has 23 heavy (non-hydrogen) atoms. The Kier molecular flexibility index (Phi) is 4.23. The van der Waals surface area contributed by atoms with Crippen molar-refractivity contribution in [3.05, 3.63) is 64.6 Å². The molecule has 0 unspecified atom stereocenters. The van der Waals surface area contributed by atoms with Gasteiger partial charge in [0.2, 0.25) is 0 Å². The first-order chi connectivity index (χ1) is 11.1. The third kappa shape index (κ3) is 3.48. The number of ether oxygens (including phenoxy) is 1. The van der Waals surface area contributed by atoms with E-state index in [1.807, 2.05) is 0 Å². The van der Waals surface area contributed by atoms with Crippen LogP contribution in [0.1, 0.15) is 31.0 Å². The van der Waals surface area contributed by atoms with E-state index in [0.717, 1.165) is 5.76 Å². The smallest absolute Gasteiger partial charge is 0.306 e. The number of aromatic amines is 1. The normalized spacial score (nSPS) is 12.2. The molecule has 3 aromatic rings. The lowest BCUT2D eigenvalue weighted by Gasteiger charge is -2.12. The fraction of sp³-hybridized carbons (Fsp3) is 0.235. The van der Waals surface area contributed by atoms with E-state index in [0.29, 0.717) is 23.1 Å². The summed E-state index contributed by atoms with van der Waals surface area (Å²) in [5.41, 5.74) is 0.328. The molecular weight excluding hydrogens is 296 g/mol. The number of aryl methyl sites for hydroxylation is 1. The van der Waals surface area contributed by atoms with Crippen LogP contribution in [-0.2, 0) is 16.0 Å². The minimum absolute atomic E-state index is 0.204. The lowest BCUT2D eigenvalue weighted by molar-refractivity contribution is -0.149. The van der Waals surface area contributed by atoms with Crippen LogP contribution in [0.3, 0.4) is 0 Å². The van der Waals surface area contributed by atoms with E-state index in [1.165, 1.54) is 0 Å². The number of furan rings is 1. The summed E-state index contributed by atoms with van der Waals surface area (Å²) in [6, 6.07) is 10.6. The molecular formula is C17H16N2O4. The predicted molar refractivity (Wildman–Crippen MR) is 83.9 cm³/mol. The molecule has 1 N–H and O–H groups in total. The van der Waals surface area contributed by atoms with Gasteiger partial charge in [0.1, 0.15) is 5.76 Å². The molecule has 3 rings (SSSR count). The number of hydrogen-bond donors (Lipinski definition) is 1. The number of rotatable bonds is 5. The molecule has 0 aliphatic carbocycles. The number of carbonyl (C=O) groups excluding carboxylic acids is 1. The van der Waals surface area contributed by atoms with Gasteiger partial charge >= 0.3 is 5.97 Å². The van der Waals surface area contributed by atoms with E-state index in [-0.39, 0.29) is 17.9 Å². The summed E-state index contributed by atoms with van der Waals surface area (Å²) in [5.74, 6) is 0.691. The predicted octanol–water partition coefficient (Wildman–Crippen LogP) is 2.75. The van der Waals surface area contributed by atoms with E-state index in [4.69, 9.17) is 9.15 Å². The lowest BCUT2D eigenvalue weighted by Crippen LogP contribution is -2.17. The van der Waals surface area contributed by atoms with E-state index < -0.39 is 6.10 Å². The van der Waals surface area contributed by atoms with Crippen LogP contribution in [0.25, 0.3) is 10.9 Å². The monoisotopic (exact) mass is 312 g/mol. The van der Waals surface area contributed by atoms with E-state index >= 15 is 0 Å². The standard InChI is InChI=1S/C17H16N2O4/c1-11(23-15(20)9-8-12-5-4-10-22-12)16-18-14-7-3-2-6-13(14)17(21)19-16/h2-7,10-11H,8-9H2,1H3,(H,18,19,21)/t11-/m1/s1. The third-order valence-corrected chi connectivity index (χ3v) is 3.48. The quantitative estimate of drug-likeness (QED) is 0.732. The molecule has 0 saturated heterocycles. The highest BCUT2D eigenvalue weighted by molar-refractivity contribution is 5.77. The Bertz CT molecular complexity index is 868. The van der Waals surface area contributed by atoms with Crippen LogP contribution in [0.4, 0.5) is 0 Å². The van der Waals surface area contributed by atoms with Gasteiger partial charge in [-0.05, 0) is 31.2 Å². The number of carbonyl (C=O) groups is 1. The minimum atomic E-state index is -0.628. The maximum Gasteiger partial charge on any atom is 0.306 e. The molecule has 0 bridgehead atoms. The first-order valence-corrected chi connectivity index (χ1v) is 7.34. The van der Waals surface area contributed by atoms with Crippen LogP contribution in [0.2, 0.25) is 0 Å². The van der Waals surface area contributed by atoms with Crippen LogP contribution < -0.4 is 5.56 Å². The number of para-hydroxylation sites is 1. The van der Waals surface area contributed by atoms with Gasteiger partial charge in [-0.15, -0.1) is 0 Å². The Morgan fingerprint density at radius 3 is 2.91 bits per heavy atom. The molecule has 118 valence electrons. The van der Waals surface area contributed by atoms with Crippen LogP contribution >= 0.6 is 0 Å². The fourth-order valence-electron chi connectivity index (χ4n) is 2.29. The number of fused-ring (bicyclic) bond motifs is 1. The molecule has 6 heteroatoms. The van der Waals surface area contributed by atoms with Gasteiger partial charge in [-0.3, -0.25) is 9.59 Å². The summed E-state index contributed by atoms with van der Waals surface area (Å²) in [5, 5.41) is 0.507. The number of aromatic nitrogens is 2. The molecule has 0 aliphatic rings. The molecule has 0 aliphatic heterocycles. The summed E-state index contributed by atoms with van der Waals surface area (Å²) in [7, 11) is 0. The number of nitrogens with one attached hydrogen (secondary N) is 1. The molecule has 6 nitrogen and oxygen atoms in total. The van der Waals surface area contributed by atoms with Crippen molar-refractivity contribution in [1.82, 2.24) is 9.97 Å². The Morgan fingerprint density at radius 2 is 2.13 bits per heavy atom. The third-order valence-electron chi connectivity index (χ3n) is 3.48. The van der Waals surface area contributed by atoms with Gasteiger partial charge in [-0.2, -0.15) is 0 Å². The molecule has 2 aromatic heterocycles. The molecule has 2 heterocycles. The number of nitrogens with zero attached hydrogens (tertiary/aromatic N) is 1. The van der Waals surface area contributed by atoms with Crippen molar-refractivity contribution in [3.8, 4) is 0 Å². The Hall–Kier alpha value is -2.89. The topological polar surface area (TPSA) is 85.2 Å². The van der Waals surface area contributed by atoms with Crippen molar-refractivity contribution >= 4 is 16.9 Å². The minimum Gasteiger partial charge on any atom is -0.469 e. The van der Waals surface area contributed by atoms with Gasteiger partial charge in [-0.1, -0.05) is 12.1 Å². The SMILES string of the molecule is C[C@@H](OC(=O)CCc1ccco1)c1nc2ccccc2c(=O)[nH]1. The maximum absolute atomic E-state index is 12.0. The highest BCUT2D eigenvalue weighted by Crippen LogP contribution is 2.15. The number of H-pyrrole nitrogens is 1. The number of esters is 1. The van der Waals surface area contributed by atoms with Gasteiger partial charge in [0, 0.05) is 6.42 Å². The largest absolute Gasteiger partial charge is 0.469 e. The molecule has 1 aromatic carbocycles. The second-order valence-corrected chi connectivity index (χ2v) is 5.18. The molecule has 0 radical (unpaired) electrons. The lowest BCUT2D eigenvalue weighted by atomic mass is 10.2. The van der Waals surface area contributed by atoms with Gasteiger partial charge in [0.25, 0.3) is 5.56 Å². The van der Waals surface area contributed by atoms with Crippen molar-refractivity contribution in [2.45, 2.75) is 25.9 Å². The Morgan fingerprint density at radius 1 is 1.30 bits per heavy atom. The average Bonchev–Trinajstić information content (AvgIpc) is 3.06. The summed E-state index contributed by atoms with van der Waals surface area (Å²) >= 11 is 0. The van der Waals surface area contributed by atoms with Crippen molar-refractivity contribution in [3.63, 3.8) is 0 Å². The van der Waals surface area contributed by atoms with E-state index in [9.17, 15) is 9.59 Å². The van der Waals surface area contributed by atoms with Gasteiger partial charge in [0.05, 0.1) is 23.6 Å². The zero-order valence-corrected chi connectivity index (χ0v) is 12.6. The van der Waals surface area contributed by atoms with Crippen LogP contribution in [-0.4, -0.2) is 15.9 Å². The Balaban J connectivity index is 1.69. The second kappa shape index (κ2) is 6.48. The van der Waals surface area contributed by atoms with Crippen molar-refractivity contribution in [2.24, 2.45) is 0 Å².